The van der Waals surface area contributed by atoms with Crippen molar-refractivity contribution < 1.29 is 0 Å². The van der Waals surface area contributed by atoms with Crippen LogP contribution in [0.5, 0.6) is 0 Å². The van der Waals surface area contributed by atoms with E-state index in [0.717, 1.165) is 21.2 Å². The molecule has 100 valence electrons. The molecule has 0 spiro atoms. The molecule has 0 unspecified atom stereocenters. The molecule has 2 heterocycles. The van der Waals surface area contributed by atoms with Crippen molar-refractivity contribution >= 4 is 27.7 Å². The minimum atomic E-state index is 0.447. The Morgan fingerprint density at radius 1 is 1.37 bits per heavy atom. The quantitative estimate of drug-likeness (QED) is 0.847. The van der Waals surface area contributed by atoms with E-state index in [2.05, 4.69) is 41.7 Å². The second kappa shape index (κ2) is 5.60. The summed E-state index contributed by atoms with van der Waals surface area (Å²) in [5, 5.41) is 9.38. The van der Waals surface area contributed by atoms with Crippen molar-refractivity contribution in [3.63, 3.8) is 0 Å². The highest BCUT2D eigenvalue weighted by molar-refractivity contribution is 9.10. The van der Waals surface area contributed by atoms with Gasteiger partial charge >= 0.3 is 0 Å². The van der Waals surface area contributed by atoms with Crippen LogP contribution in [-0.2, 0) is 12.3 Å². The van der Waals surface area contributed by atoms with Crippen molar-refractivity contribution in [1.29, 1.82) is 0 Å². The monoisotopic (exact) mass is 339 g/mol. The second-order valence-corrected chi connectivity index (χ2v) is 6.36. The van der Waals surface area contributed by atoms with Gasteiger partial charge in [-0.05, 0) is 40.4 Å². The van der Waals surface area contributed by atoms with Crippen molar-refractivity contribution in [2.45, 2.75) is 36.3 Å². The molecule has 19 heavy (non-hydrogen) atoms. The summed E-state index contributed by atoms with van der Waals surface area (Å²) < 4.78 is 3.19. The van der Waals surface area contributed by atoms with Gasteiger partial charge in [0.1, 0.15) is 5.82 Å². The molecule has 0 radical (unpaired) electrons. The van der Waals surface area contributed by atoms with Crippen molar-refractivity contribution in [1.82, 2.24) is 19.7 Å². The van der Waals surface area contributed by atoms with Crippen molar-refractivity contribution in [2.24, 2.45) is 5.73 Å². The molecule has 1 aliphatic rings. The van der Waals surface area contributed by atoms with Gasteiger partial charge in [0.25, 0.3) is 0 Å². The first-order valence-electron chi connectivity index (χ1n) is 6.14. The predicted octanol–water partition coefficient (Wildman–Crippen LogP) is 2.52. The summed E-state index contributed by atoms with van der Waals surface area (Å²) in [5.41, 5.74) is 6.87. The summed E-state index contributed by atoms with van der Waals surface area (Å²) in [6.45, 7) is 0.447. The molecule has 1 saturated carbocycles. The Bertz CT molecular complexity index is 581. The van der Waals surface area contributed by atoms with Gasteiger partial charge in [0, 0.05) is 28.7 Å². The number of rotatable bonds is 5. The Kier molecular flexibility index (Phi) is 3.86. The fraction of sp³-hybridized carbons (Fsp3) is 0.417. The Morgan fingerprint density at radius 3 is 2.89 bits per heavy atom. The van der Waals surface area contributed by atoms with Crippen molar-refractivity contribution in [2.75, 3.05) is 0 Å². The van der Waals surface area contributed by atoms with Crippen LogP contribution in [0.2, 0.25) is 0 Å². The largest absolute Gasteiger partial charge is 0.324 e. The van der Waals surface area contributed by atoms with Gasteiger partial charge in [-0.2, -0.15) is 0 Å². The van der Waals surface area contributed by atoms with Crippen LogP contribution in [0.1, 0.15) is 30.3 Å². The minimum absolute atomic E-state index is 0.447. The first-order chi connectivity index (χ1) is 9.28. The first-order valence-corrected chi connectivity index (χ1v) is 7.92. The highest BCUT2D eigenvalue weighted by atomic mass is 79.9. The summed E-state index contributed by atoms with van der Waals surface area (Å²) >= 11 is 5.12. The van der Waals surface area contributed by atoms with Crippen LogP contribution in [0.25, 0.3) is 0 Å². The third-order valence-electron chi connectivity index (χ3n) is 2.96. The van der Waals surface area contributed by atoms with E-state index < -0.39 is 0 Å². The molecular weight excluding hydrogens is 326 g/mol. The van der Waals surface area contributed by atoms with Crippen molar-refractivity contribution in [3.8, 4) is 0 Å². The lowest BCUT2D eigenvalue weighted by Crippen LogP contribution is -2.08. The Balaban J connectivity index is 1.75. The van der Waals surface area contributed by atoms with E-state index in [4.69, 9.17) is 5.73 Å². The number of nitrogens with two attached hydrogens (primary N) is 1. The summed E-state index contributed by atoms with van der Waals surface area (Å²) in [7, 11) is 0. The van der Waals surface area contributed by atoms with Crippen LogP contribution >= 0.6 is 27.7 Å². The first kappa shape index (κ1) is 13.1. The molecular formula is C12H14BrN5S. The van der Waals surface area contributed by atoms with E-state index in [0.29, 0.717) is 12.6 Å². The van der Waals surface area contributed by atoms with Gasteiger partial charge in [0.15, 0.2) is 5.16 Å². The molecule has 0 amide bonds. The van der Waals surface area contributed by atoms with Gasteiger partial charge in [-0.3, -0.25) is 4.98 Å². The van der Waals surface area contributed by atoms with Gasteiger partial charge in [-0.15, -0.1) is 10.2 Å². The number of pyridine rings is 1. The fourth-order valence-corrected chi connectivity index (χ4v) is 3.29. The smallest absolute Gasteiger partial charge is 0.191 e. The maximum absolute atomic E-state index is 5.71. The van der Waals surface area contributed by atoms with E-state index in [1.807, 2.05) is 6.20 Å². The maximum Gasteiger partial charge on any atom is 0.191 e. The van der Waals surface area contributed by atoms with Crippen LogP contribution in [-0.4, -0.2) is 19.7 Å². The van der Waals surface area contributed by atoms with Gasteiger partial charge in [-0.25, -0.2) is 0 Å². The number of hydrogen-bond donors (Lipinski definition) is 1. The molecule has 5 nitrogen and oxygen atoms in total. The van der Waals surface area contributed by atoms with Crippen molar-refractivity contribution in [3.05, 3.63) is 34.3 Å². The van der Waals surface area contributed by atoms with Crippen LogP contribution in [0.4, 0.5) is 0 Å². The van der Waals surface area contributed by atoms with Gasteiger partial charge in [0.05, 0.1) is 6.54 Å². The highest BCUT2D eigenvalue weighted by Gasteiger charge is 2.29. The summed E-state index contributed by atoms with van der Waals surface area (Å²) in [6, 6.07) is 2.62. The average Bonchev–Trinajstić information content (AvgIpc) is 3.17. The molecule has 2 aromatic heterocycles. The van der Waals surface area contributed by atoms with Gasteiger partial charge < -0.3 is 10.3 Å². The molecule has 0 bridgehead atoms. The number of thioether (sulfide) groups is 1. The fourth-order valence-electron chi connectivity index (χ4n) is 1.93. The zero-order chi connectivity index (χ0) is 13.2. The lowest BCUT2D eigenvalue weighted by Gasteiger charge is -2.07. The SMILES string of the molecule is NCc1nnc(SCc2cncc(Br)c2)n1C1CC1. The predicted molar refractivity (Wildman–Crippen MR) is 77.7 cm³/mol. The highest BCUT2D eigenvalue weighted by Crippen LogP contribution is 2.39. The van der Waals surface area contributed by atoms with E-state index in [1.165, 1.54) is 18.4 Å². The zero-order valence-electron chi connectivity index (χ0n) is 10.3. The van der Waals surface area contributed by atoms with Crippen LogP contribution in [0.3, 0.4) is 0 Å². The Morgan fingerprint density at radius 2 is 2.21 bits per heavy atom. The molecule has 7 heteroatoms. The topological polar surface area (TPSA) is 69.6 Å². The third-order valence-corrected chi connectivity index (χ3v) is 4.41. The van der Waals surface area contributed by atoms with Gasteiger partial charge in [0.2, 0.25) is 0 Å². The standard InChI is InChI=1S/C12H14BrN5S/c13-9-3-8(5-15-6-9)7-19-12-17-16-11(4-14)18(12)10-1-2-10/h3,5-6,10H,1-2,4,7,14H2. The van der Waals surface area contributed by atoms with Gasteiger partial charge in [-0.1, -0.05) is 11.8 Å². The molecule has 0 aliphatic heterocycles. The summed E-state index contributed by atoms with van der Waals surface area (Å²) in [4.78, 5) is 4.16. The zero-order valence-corrected chi connectivity index (χ0v) is 12.7. The summed E-state index contributed by atoms with van der Waals surface area (Å²) in [5.74, 6) is 1.72. The number of halogens is 1. The normalized spacial score (nSPS) is 14.8. The Hall–Kier alpha value is -0.920. The Labute approximate surface area is 124 Å². The van der Waals surface area contributed by atoms with E-state index in [9.17, 15) is 0 Å². The van der Waals surface area contributed by atoms with Crippen LogP contribution in [0.15, 0.2) is 28.1 Å². The molecule has 0 saturated heterocycles. The molecule has 1 aliphatic carbocycles. The van der Waals surface area contributed by atoms with E-state index in [-0.39, 0.29) is 0 Å². The van der Waals surface area contributed by atoms with Crippen LogP contribution in [0, 0.1) is 0 Å². The average molecular weight is 340 g/mol. The maximum atomic E-state index is 5.71. The molecule has 1 fully saturated rings. The summed E-state index contributed by atoms with van der Waals surface area (Å²) in [6.07, 6.45) is 6.07. The lowest BCUT2D eigenvalue weighted by atomic mass is 10.3. The molecule has 2 N–H and O–H groups in total. The number of aromatic nitrogens is 4. The third kappa shape index (κ3) is 2.98. The van der Waals surface area contributed by atoms with E-state index in [1.54, 1.807) is 18.0 Å². The number of hydrogen-bond acceptors (Lipinski definition) is 5. The molecule has 0 atom stereocenters. The lowest BCUT2D eigenvalue weighted by molar-refractivity contribution is 0.626. The molecule has 3 rings (SSSR count). The second-order valence-electron chi connectivity index (χ2n) is 4.50. The minimum Gasteiger partial charge on any atom is -0.324 e. The van der Waals surface area contributed by atoms with Crippen LogP contribution < -0.4 is 5.73 Å². The number of nitrogens with zero attached hydrogens (tertiary/aromatic N) is 4. The van der Waals surface area contributed by atoms with E-state index >= 15 is 0 Å². The molecule has 2 aromatic rings. The molecule has 0 aromatic carbocycles.